The third-order valence-electron chi connectivity index (χ3n) is 4.90. The molecule has 2 aromatic carbocycles. The topological polar surface area (TPSA) is 62.2 Å². The summed E-state index contributed by atoms with van der Waals surface area (Å²) in [5.74, 6) is -1.36. The van der Waals surface area contributed by atoms with Gasteiger partial charge in [-0.25, -0.2) is 23.7 Å². The Morgan fingerprint density at radius 2 is 1.74 bits per heavy atom. The first-order valence-corrected chi connectivity index (χ1v) is 9.21. The summed E-state index contributed by atoms with van der Waals surface area (Å²) in [6, 6.07) is 6.87. The van der Waals surface area contributed by atoms with E-state index in [0.717, 1.165) is 18.2 Å². The first-order chi connectivity index (χ1) is 14.6. The molecule has 160 valence electrons. The van der Waals surface area contributed by atoms with E-state index in [2.05, 4.69) is 25.6 Å². The number of anilines is 2. The molecule has 0 unspecified atom stereocenters. The van der Waals surface area contributed by atoms with Crippen LogP contribution < -0.4 is 10.6 Å². The summed E-state index contributed by atoms with van der Waals surface area (Å²) in [7, 11) is 0. The van der Waals surface area contributed by atoms with Gasteiger partial charge < -0.3 is 10.6 Å². The Hall–Kier alpha value is -3.56. The van der Waals surface area contributed by atoms with Crippen LogP contribution in [0.4, 0.5) is 33.5 Å². The minimum absolute atomic E-state index is 0.0325. The number of hydrogen-bond donors (Lipinski definition) is 2. The van der Waals surface area contributed by atoms with Crippen LogP contribution >= 0.6 is 0 Å². The van der Waals surface area contributed by atoms with E-state index >= 15 is 0 Å². The second-order valence-electron chi connectivity index (χ2n) is 6.93. The monoisotopic (exact) mass is 433 g/mol. The number of fused-ring (bicyclic) bond motifs is 1. The van der Waals surface area contributed by atoms with Crippen LogP contribution in [0.25, 0.3) is 11.4 Å². The molecule has 0 saturated heterocycles. The van der Waals surface area contributed by atoms with Gasteiger partial charge >= 0.3 is 6.18 Å². The molecule has 0 radical (unpaired) electrons. The Bertz CT molecular complexity index is 1200. The first-order valence-electron chi connectivity index (χ1n) is 9.21. The summed E-state index contributed by atoms with van der Waals surface area (Å²) >= 11 is 0. The molecular weight excluding hydrogens is 417 g/mol. The van der Waals surface area contributed by atoms with E-state index in [4.69, 9.17) is 0 Å². The quantitative estimate of drug-likeness (QED) is 0.539. The lowest BCUT2D eigenvalue weighted by molar-refractivity contribution is -0.137. The molecule has 2 heterocycles. The molecule has 1 aliphatic rings. The van der Waals surface area contributed by atoms with Crippen molar-refractivity contribution in [3.63, 3.8) is 0 Å². The van der Waals surface area contributed by atoms with Gasteiger partial charge in [0.1, 0.15) is 30.0 Å². The van der Waals surface area contributed by atoms with Crippen molar-refractivity contribution in [1.82, 2.24) is 9.97 Å². The molecule has 10 heteroatoms. The van der Waals surface area contributed by atoms with Gasteiger partial charge in [-0.05, 0) is 26.0 Å². The van der Waals surface area contributed by atoms with Gasteiger partial charge in [0.2, 0.25) is 0 Å². The SMILES string of the molecule is Cc1nc(-c2ccccc2C(F)(F)F)nc(NC2=NCNc3c(F)cc(F)cc32)c1C. The third kappa shape index (κ3) is 3.92. The van der Waals surface area contributed by atoms with Crippen LogP contribution in [0.3, 0.4) is 0 Å². The van der Waals surface area contributed by atoms with Crippen molar-refractivity contribution in [1.29, 1.82) is 0 Å². The van der Waals surface area contributed by atoms with Crippen molar-refractivity contribution in [3.05, 3.63) is 70.4 Å². The van der Waals surface area contributed by atoms with Crippen LogP contribution in [0, 0.1) is 25.5 Å². The standard InChI is InChI=1S/C21H16F5N5/c1-10-11(2)29-20(13-5-3-4-6-15(13)21(24,25)26)31-18(10)30-19-14-7-12(22)8-16(23)17(14)27-9-28-19/h3-8,27H,9H2,1-2H3,(H,28,29,30,31). The zero-order valence-electron chi connectivity index (χ0n) is 16.4. The minimum atomic E-state index is -4.58. The van der Waals surface area contributed by atoms with Crippen molar-refractivity contribution in [2.75, 3.05) is 17.3 Å². The predicted octanol–water partition coefficient (Wildman–Crippen LogP) is 5.30. The molecule has 0 amide bonds. The zero-order chi connectivity index (χ0) is 22.3. The van der Waals surface area contributed by atoms with Crippen molar-refractivity contribution in [3.8, 4) is 11.4 Å². The fourth-order valence-corrected chi connectivity index (χ4v) is 3.24. The number of halogens is 5. The summed E-state index contributed by atoms with van der Waals surface area (Å²) < 4.78 is 68.3. The van der Waals surface area contributed by atoms with Crippen LogP contribution in [0.15, 0.2) is 41.4 Å². The number of benzene rings is 2. The lowest BCUT2D eigenvalue weighted by atomic mass is 10.1. The fourth-order valence-electron chi connectivity index (χ4n) is 3.24. The average molecular weight is 433 g/mol. The number of aromatic nitrogens is 2. The predicted molar refractivity (Wildman–Crippen MR) is 107 cm³/mol. The van der Waals surface area contributed by atoms with Gasteiger partial charge in [0.15, 0.2) is 5.82 Å². The molecule has 0 atom stereocenters. The maximum atomic E-state index is 14.1. The van der Waals surface area contributed by atoms with E-state index in [1.54, 1.807) is 13.8 Å². The molecule has 4 rings (SSSR count). The highest BCUT2D eigenvalue weighted by molar-refractivity contribution is 6.12. The molecule has 0 bridgehead atoms. The summed E-state index contributed by atoms with van der Waals surface area (Å²) in [6.07, 6.45) is -4.58. The Morgan fingerprint density at radius 3 is 2.48 bits per heavy atom. The largest absolute Gasteiger partial charge is 0.417 e. The summed E-state index contributed by atoms with van der Waals surface area (Å²) in [6.45, 7) is 3.36. The van der Waals surface area contributed by atoms with Gasteiger partial charge in [-0.15, -0.1) is 0 Å². The van der Waals surface area contributed by atoms with Gasteiger partial charge in [-0.3, -0.25) is 0 Å². The third-order valence-corrected chi connectivity index (χ3v) is 4.90. The summed E-state index contributed by atoms with van der Waals surface area (Å²) in [4.78, 5) is 12.7. The molecule has 2 N–H and O–H groups in total. The fraction of sp³-hybridized carbons (Fsp3) is 0.190. The second-order valence-corrected chi connectivity index (χ2v) is 6.93. The zero-order valence-corrected chi connectivity index (χ0v) is 16.4. The Morgan fingerprint density at radius 1 is 1.00 bits per heavy atom. The van der Waals surface area contributed by atoms with Crippen LogP contribution in [0.1, 0.15) is 22.4 Å². The first kappa shape index (κ1) is 20.7. The van der Waals surface area contributed by atoms with Crippen molar-refractivity contribution >= 4 is 17.3 Å². The summed E-state index contributed by atoms with van der Waals surface area (Å²) in [5.41, 5.74) is 0.197. The molecule has 0 aliphatic carbocycles. The highest BCUT2D eigenvalue weighted by Gasteiger charge is 2.34. The number of amidine groups is 1. The molecule has 0 saturated carbocycles. The van der Waals surface area contributed by atoms with E-state index in [9.17, 15) is 22.0 Å². The maximum Gasteiger partial charge on any atom is 0.417 e. The lowest BCUT2D eigenvalue weighted by Crippen LogP contribution is -2.24. The van der Waals surface area contributed by atoms with Crippen LogP contribution in [-0.4, -0.2) is 22.5 Å². The Labute approximate surface area is 174 Å². The normalized spacial score (nSPS) is 13.3. The van der Waals surface area contributed by atoms with Crippen LogP contribution in [-0.2, 0) is 6.18 Å². The number of aliphatic imine (C=N–C) groups is 1. The average Bonchev–Trinajstić information content (AvgIpc) is 2.71. The number of nitrogens with one attached hydrogen (secondary N) is 2. The molecule has 5 nitrogen and oxygen atoms in total. The Balaban J connectivity index is 1.80. The van der Waals surface area contributed by atoms with Gasteiger partial charge in [0, 0.05) is 28.5 Å². The molecule has 0 spiro atoms. The summed E-state index contributed by atoms with van der Waals surface area (Å²) in [5, 5.41) is 5.65. The van der Waals surface area contributed by atoms with Gasteiger partial charge in [-0.2, -0.15) is 13.2 Å². The smallest absolute Gasteiger partial charge is 0.363 e. The number of aryl methyl sites for hydroxylation is 1. The molecule has 1 aliphatic heterocycles. The van der Waals surface area contributed by atoms with Crippen LogP contribution in [0.2, 0.25) is 0 Å². The lowest BCUT2D eigenvalue weighted by Gasteiger charge is -2.21. The molecule has 1 aromatic heterocycles. The van der Waals surface area contributed by atoms with Crippen molar-refractivity contribution < 1.29 is 22.0 Å². The molecule has 0 fully saturated rings. The minimum Gasteiger partial charge on any atom is -0.363 e. The van der Waals surface area contributed by atoms with Gasteiger partial charge in [-0.1, -0.05) is 18.2 Å². The highest BCUT2D eigenvalue weighted by atomic mass is 19.4. The molecule has 3 aromatic rings. The van der Waals surface area contributed by atoms with E-state index in [1.807, 2.05) is 0 Å². The van der Waals surface area contributed by atoms with Crippen LogP contribution in [0.5, 0.6) is 0 Å². The molecule has 31 heavy (non-hydrogen) atoms. The van der Waals surface area contributed by atoms with E-state index in [-0.39, 0.29) is 41.0 Å². The van der Waals surface area contributed by atoms with Gasteiger partial charge in [0.25, 0.3) is 0 Å². The van der Waals surface area contributed by atoms with Crippen molar-refractivity contribution in [2.24, 2.45) is 4.99 Å². The number of hydrogen-bond acceptors (Lipinski definition) is 5. The van der Waals surface area contributed by atoms with E-state index in [0.29, 0.717) is 11.3 Å². The number of alkyl halides is 3. The Kier molecular flexibility index (Phi) is 5.08. The maximum absolute atomic E-state index is 14.1. The molecular formula is C21H16F5N5. The van der Waals surface area contributed by atoms with E-state index < -0.39 is 23.4 Å². The number of nitrogens with zero attached hydrogens (tertiary/aromatic N) is 3. The number of rotatable bonds is 2. The van der Waals surface area contributed by atoms with E-state index in [1.165, 1.54) is 18.2 Å². The van der Waals surface area contributed by atoms with Crippen molar-refractivity contribution in [2.45, 2.75) is 20.0 Å². The highest BCUT2D eigenvalue weighted by Crippen LogP contribution is 2.36. The van der Waals surface area contributed by atoms with Gasteiger partial charge in [0.05, 0.1) is 11.3 Å². The second kappa shape index (κ2) is 7.60.